The van der Waals surface area contributed by atoms with Gasteiger partial charge in [0.05, 0.1) is 4.47 Å². The van der Waals surface area contributed by atoms with Gasteiger partial charge in [0.2, 0.25) is 0 Å². The third-order valence-electron chi connectivity index (χ3n) is 2.49. The van der Waals surface area contributed by atoms with Gasteiger partial charge in [-0.15, -0.1) is 11.8 Å². The summed E-state index contributed by atoms with van der Waals surface area (Å²) in [6, 6.07) is 13.0. The lowest BCUT2D eigenvalue weighted by molar-refractivity contribution is 0.477. The molecule has 0 amide bonds. The van der Waals surface area contributed by atoms with Crippen molar-refractivity contribution in [1.82, 2.24) is 0 Å². The number of halogens is 1. The van der Waals surface area contributed by atoms with Gasteiger partial charge in [0.15, 0.2) is 0 Å². The molecule has 0 heterocycles. The van der Waals surface area contributed by atoms with Crippen LogP contribution in [0.15, 0.2) is 45.8 Å². The highest BCUT2D eigenvalue weighted by molar-refractivity contribution is 9.10. The van der Waals surface area contributed by atoms with Crippen LogP contribution in [0.25, 0.3) is 0 Å². The van der Waals surface area contributed by atoms with E-state index in [-0.39, 0.29) is 0 Å². The molecule has 5 heteroatoms. The largest absolute Gasteiger partial charge is 0.455 e. The molecular weight excluding hydrogens is 324 g/mol. The van der Waals surface area contributed by atoms with Gasteiger partial charge in [-0.3, -0.25) is 0 Å². The second kappa shape index (κ2) is 6.00. The second-order valence-corrected chi connectivity index (χ2v) is 5.44. The van der Waals surface area contributed by atoms with Crippen LogP contribution in [-0.2, 0) is 0 Å². The van der Waals surface area contributed by atoms with Crippen LogP contribution < -0.4 is 10.5 Å². The fourth-order valence-corrected chi connectivity index (χ4v) is 2.49. The molecule has 0 atom stereocenters. The summed E-state index contributed by atoms with van der Waals surface area (Å²) < 4.78 is 6.58. The molecule has 2 aromatic carbocycles. The number of nitriles is 1. The van der Waals surface area contributed by atoms with Crippen molar-refractivity contribution in [3.63, 3.8) is 0 Å². The van der Waals surface area contributed by atoms with E-state index in [2.05, 4.69) is 22.0 Å². The summed E-state index contributed by atoms with van der Waals surface area (Å²) in [6.45, 7) is 0. The first-order chi connectivity index (χ1) is 9.15. The Morgan fingerprint density at radius 2 is 2.05 bits per heavy atom. The highest BCUT2D eigenvalue weighted by Crippen LogP contribution is 2.35. The molecule has 19 heavy (non-hydrogen) atoms. The molecule has 2 aromatic rings. The highest BCUT2D eigenvalue weighted by atomic mass is 79.9. The van der Waals surface area contributed by atoms with E-state index in [9.17, 15) is 5.26 Å². The highest BCUT2D eigenvalue weighted by Gasteiger charge is 2.11. The maximum absolute atomic E-state index is 9.25. The minimum atomic E-state index is 0.528. The zero-order valence-corrected chi connectivity index (χ0v) is 12.6. The van der Waals surface area contributed by atoms with Gasteiger partial charge in [-0.1, -0.05) is 6.07 Å². The van der Waals surface area contributed by atoms with Gasteiger partial charge in [0.25, 0.3) is 0 Å². The molecule has 0 aliphatic carbocycles. The molecule has 0 bridgehead atoms. The molecule has 3 nitrogen and oxygen atoms in total. The number of rotatable bonds is 3. The lowest BCUT2D eigenvalue weighted by atomic mass is 10.2. The normalized spacial score (nSPS) is 9.95. The average Bonchev–Trinajstić information content (AvgIpc) is 2.42. The molecule has 0 aliphatic heterocycles. The van der Waals surface area contributed by atoms with Crippen molar-refractivity contribution in [2.45, 2.75) is 4.90 Å². The van der Waals surface area contributed by atoms with Crippen molar-refractivity contribution >= 4 is 33.4 Å². The summed E-state index contributed by atoms with van der Waals surface area (Å²) in [7, 11) is 0. The van der Waals surface area contributed by atoms with Crippen molar-refractivity contribution in [1.29, 1.82) is 5.26 Å². The number of nitrogen functional groups attached to an aromatic ring is 1. The second-order valence-electron chi connectivity index (χ2n) is 3.74. The number of anilines is 1. The summed E-state index contributed by atoms with van der Waals surface area (Å²) in [5.41, 5.74) is 6.88. The SMILES string of the molecule is CSc1cccc(Oc2cc(N)ccc2Br)c1C#N. The van der Waals surface area contributed by atoms with E-state index in [1.165, 1.54) is 11.8 Å². The van der Waals surface area contributed by atoms with Crippen LogP contribution in [0.3, 0.4) is 0 Å². The molecular formula is C14H11BrN2OS. The fraction of sp³-hybridized carbons (Fsp3) is 0.0714. The molecule has 2 rings (SSSR count). The maximum Gasteiger partial charge on any atom is 0.146 e. The van der Waals surface area contributed by atoms with Crippen molar-refractivity contribution in [2.75, 3.05) is 12.0 Å². The third kappa shape index (κ3) is 3.03. The van der Waals surface area contributed by atoms with Gasteiger partial charge in [0, 0.05) is 16.6 Å². The quantitative estimate of drug-likeness (QED) is 0.666. The molecule has 0 spiro atoms. The Balaban J connectivity index is 2.44. The van der Waals surface area contributed by atoms with Crippen LogP contribution in [0, 0.1) is 11.3 Å². The molecule has 0 aliphatic rings. The zero-order chi connectivity index (χ0) is 13.8. The Kier molecular flexibility index (Phi) is 4.35. The first-order valence-electron chi connectivity index (χ1n) is 5.45. The Hall–Kier alpha value is -1.64. The first kappa shape index (κ1) is 13.8. The van der Waals surface area contributed by atoms with Crippen molar-refractivity contribution in [3.8, 4) is 17.6 Å². The topological polar surface area (TPSA) is 59.0 Å². The van der Waals surface area contributed by atoms with Gasteiger partial charge < -0.3 is 10.5 Å². The molecule has 0 saturated carbocycles. The van der Waals surface area contributed by atoms with Gasteiger partial charge in [0.1, 0.15) is 23.1 Å². The monoisotopic (exact) mass is 334 g/mol. The van der Waals surface area contributed by atoms with E-state index in [1.54, 1.807) is 18.2 Å². The Morgan fingerprint density at radius 3 is 2.74 bits per heavy atom. The van der Waals surface area contributed by atoms with Crippen LogP contribution in [0.2, 0.25) is 0 Å². The van der Waals surface area contributed by atoms with Gasteiger partial charge >= 0.3 is 0 Å². The Labute approximate surface area is 124 Å². The molecule has 0 fully saturated rings. The van der Waals surface area contributed by atoms with E-state index in [4.69, 9.17) is 10.5 Å². The zero-order valence-electron chi connectivity index (χ0n) is 10.2. The van der Waals surface area contributed by atoms with Gasteiger partial charge in [-0.05, 0) is 46.5 Å². The molecule has 0 saturated heterocycles. The molecule has 0 unspecified atom stereocenters. The van der Waals surface area contributed by atoms with E-state index < -0.39 is 0 Å². The Bertz CT molecular complexity index is 652. The van der Waals surface area contributed by atoms with Gasteiger partial charge in [-0.25, -0.2) is 0 Å². The number of hydrogen-bond donors (Lipinski definition) is 1. The first-order valence-corrected chi connectivity index (χ1v) is 7.47. The Morgan fingerprint density at radius 1 is 1.26 bits per heavy atom. The number of thioether (sulfide) groups is 1. The van der Waals surface area contributed by atoms with E-state index in [0.717, 1.165) is 9.37 Å². The van der Waals surface area contributed by atoms with Crippen molar-refractivity contribution in [2.24, 2.45) is 0 Å². The fourth-order valence-electron chi connectivity index (χ4n) is 1.59. The molecule has 0 radical (unpaired) electrons. The van der Waals surface area contributed by atoms with Crippen LogP contribution in [0.5, 0.6) is 11.5 Å². The standard InChI is InChI=1S/C14H11BrN2OS/c1-19-14-4-2-3-12(10(14)8-16)18-13-7-9(17)5-6-11(13)15/h2-7H,17H2,1H3. The van der Waals surface area contributed by atoms with Gasteiger partial charge in [-0.2, -0.15) is 5.26 Å². The lowest BCUT2D eigenvalue weighted by Crippen LogP contribution is -1.92. The lowest BCUT2D eigenvalue weighted by Gasteiger charge is -2.11. The predicted octanol–water partition coefficient (Wildman–Crippen LogP) is 4.42. The summed E-state index contributed by atoms with van der Waals surface area (Å²) in [5.74, 6) is 1.12. The van der Waals surface area contributed by atoms with E-state index in [0.29, 0.717) is 22.7 Å². The number of ether oxygens (including phenoxy) is 1. The number of nitrogens with zero attached hydrogens (tertiary/aromatic N) is 1. The van der Waals surface area contributed by atoms with Crippen LogP contribution >= 0.6 is 27.7 Å². The maximum atomic E-state index is 9.25. The summed E-state index contributed by atoms with van der Waals surface area (Å²) in [5, 5.41) is 9.25. The van der Waals surface area contributed by atoms with Crippen molar-refractivity contribution in [3.05, 3.63) is 46.4 Å². The van der Waals surface area contributed by atoms with Crippen LogP contribution in [0.4, 0.5) is 5.69 Å². The molecule has 2 N–H and O–H groups in total. The summed E-state index contributed by atoms with van der Waals surface area (Å²) in [4.78, 5) is 0.889. The minimum Gasteiger partial charge on any atom is -0.455 e. The third-order valence-corrected chi connectivity index (χ3v) is 3.93. The minimum absolute atomic E-state index is 0.528. The predicted molar refractivity (Wildman–Crippen MR) is 81.6 cm³/mol. The van der Waals surface area contributed by atoms with E-state index in [1.807, 2.05) is 24.5 Å². The molecule has 96 valence electrons. The summed E-state index contributed by atoms with van der Waals surface area (Å²) in [6.07, 6.45) is 1.93. The summed E-state index contributed by atoms with van der Waals surface area (Å²) >= 11 is 4.91. The number of hydrogen-bond acceptors (Lipinski definition) is 4. The molecule has 0 aromatic heterocycles. The van der Waals surface area contributed by atoms with Crippen LogP contribution in [0.1, 0.15) is 5.56 Å². The number of benzene rings is 2. The number of nitrogens with two attached hydrogens (primary N) is 1. The van der Waals surface area contributed by atoms with E-state index >= 15 is 0 Å². The smallest absolute Gasteiger partial charge is 0.146 e. The van der Waals surface area contributed by atoms with Crippen LogP contribution in [-0.4, -0.2) is 6.26 Å². The average molecular weight is 335 g/mol. The van der Waals surface area contributed by atoms with Crippen molar-refractivity contribution < 1.29 is 4.74 Å².